The Labute approximate surface area is 115 Å². The highest BCUT2D eigenvalue weighted by Crippen LogP contribution is 2.12. The van der Waals surface area contributed by atoms with E-state index in [1.165, 1.54) is 0 Å². The van der Waals surface area contributed by atoms with Gasteiger partial charge in [0.1, 0.15) is 5.60 Å². The molecule has 0 bridgehead atoms. The average molecular weight is 270 g/mol. The van der Waals surface area contributed by atoms with E-state index < -0.39 is 5.60 Å². The Morgan fingerprint density at radius 3 is 2.53 bits per heavy atom. The van der Waals surface area contributed by atoms with Crippen molar-refractivity contribution in [1.29, 1.82) is 0 Å². The fourth-order valence-electron chi connectivity index (χ4n) is 2.16. The molecule has 0 radical (unpaired) electrons. The highest BCUT2D eigenvalue weighted by Gasteiger charge is 2.28. The first-order chi connectivity index (χ1) is 8.73. The molecule has 0 aromatic carbocycles. The van der Waals surface area contributed by atoms with Gasteiger partial charge in [-0.2, -0.15) is 0 Å². The van der Waals surface area contributed by atoms with Crippen molar-refractivity contribution in [1.82, 2.24) is 15.1 Å². The molecule has 6 nitrogen and oxygen atoms in total. The van der Waals surface area contributed by atoms with Crippen LogP contribution in [0.3, 0.4) is 0 Å². The fraction of sp³-hybridized carbons (Fsp3) is 0.846. The first-order valence-corrected chi connectivity index (χ1v) is 6.61. The van der Waals surface area contributed by atoms with Gasteiger partial charge in [-0.1, -0.05) is 0 Å². The number of aliphatic imine (C=N–C) groups is 1. The van der Waals surface area contributed by atoms with Crippen LogP contribution < -0.4 is 5.32 Å². The van der Waals surface area contributed by atoms with Gasteiger partial charge in [-0.05, 0) is 27.2 Å². The maximum atomic E-state index is 11.7. The lowest BCUT2D eigenvalue weighted by molar-refractivity contribution is 0.0507. The highest BCUT2D eigenvalue weighted by molar-refractivity contribution is 5.80. The number of nitrogens with one attached hydrogen (secondary N) is 1. The summed E-state index contributed by atoms with van der Waals surface area (Å²) in [6.07, 6.45) is 0.561. The van der Waals surface area contributed by atoms with Crippen LogP contribution in [0.2, 0.25) is 0 Å². The smallest absolute Gasteiger partial charge is 0.407 e. The summed E-state index contributed by atoms with van der Waals surface area (Å²) in [6.45, 7) is 7.25. The molecule has 0 aromatic rings. The van der Waals surface area contributed by atoms with Crippen LogP contribution in [0.4, 0.5) is 4.79 Å². The Morgan fingerprint density at radius 2 is 2.05 bits per heavy atom. The van der Waals surface area contributed by atoms with E-state index in [9.17, 15) is 4.79 Å². The third-order valence-corrected chi connectivity index (χ3v) is 2.79. The zero-order valence-electron chi connectivity index (χ0n) is 12.9. The topological polar surface area (TPSA) is 57.2 Å². The first kappa shape index (κ1) is 15.6. The predicted octanol–water partition coefficient (Wildman–Crippen LogP) is 1.13. The van der Waals surface area contributed by atoms with E-state index in [2.05, 4.69) is 15.2 Å². The van der Waals surface area contributed by atoms with Gasteiger partial charge in [0.25, 0.3) is 0 Å². The molecule has 1 aliphatic rings. The zero-order valence-corrected chi connectivity index (χ0v) is 12.9. The molecule has 1 amide bonds. The SMILES string of the molecule is CN=C(N(C)C)N1CCC(NC(=O)OC(C)(C)C)C1. The van der Waals surface area contributed by atoms with E-state index in [1.807, 2.05) is 39.8 Å². The zero-order chi connectivity index (χ0) is 14.6. The van der Waals surface area contributed by atoms with Gasteiger partial charge < -0.3 is 19.9 Å². The van der Waals surface area contributed by atoms with E-state index in [1.54, 1.807) is 7.05 Å². The van der Waals surface area contributed by atoms with E-state index in [0.717, 1.165) is 25.5 Å². The maximum absolute atomic E-state index is 11.7. The number of alkyl carbamates (subject to hydrolysis) is 1. The largest absolute Gasteiger partial charge is 0.444 e. The van der Waals surface area contributed by atoms with Gasteiger partial charge >= 0.3 is 6.09 Å². The van der Waals surface area contributed by atoms with Gasteiger partial charge in [0.05, 0.1) is 6.04 Å². The predicted molar refractivity (Wildman–Crippen MR) is 76.4 cm³/mol. The molecule has 1 heterocycles. The van der Waals surface area contributed by atoms with Crippen LogP contribution in [-0.4, -0.2) is 67.7 Å². The van der Waals surface area contributed by atoms with Crippen LogP contribution in [0.15, 0.2) is 4.99 Å². The van der Waals surface area contributed by atoms with Crippen molar-refractivity contribution in [3.05, 3.63) is 0 Å². The Balaban J connectivity index is 2.47. The van der Waals surface area contributed by atoms with Gasteiger partial charge in [-0.3, -0.25) is 4.99 Å². The van der Waals surface area contributed by atoms with Gasteiger partial charge in [0.2, 0.25) is 0 Å². The molecule has 1 rings (SSSR count). The van der Waals surface area contributed by atoms with Gasteiger partial charge in [-0.25, -0.2) is 4.79 Å². The van der Waals surface area contributed by atoms with E-state index in [-0.39, 0.29) is 12.1 Å². The first-order valence-electron chi connectivity index (χ1n) is 6.61. The quantitative estimate of drug-likeness (QED) is 0.573. The molecule has 0 spiro atoms. The summed E-state index contributed by atoms with van der Waals surface area (Å²) in [6, 6.07) is 0.117. The van der Waals surface area contributed by atoms with Gasteiger partial charge in [-0.15, -0.1) is 0 Å². The lowest BCUT2D eigenvalue weighted by Crippen LogP contribution is -2.43. The Hall–Kier alpha value is -1.46. The van der Waals surface area contributed by atoms with Crippen molar-refractivity contribution in [3.63, 3.8) is 0 Å². The molecular weight excluding hydrogens is 244 g/mol. The van der Waals surface area contributed by atoms with E-state index in [4.69, 9.17) is 4.74 Å². The molecule has 6 heteroatoms. The number of ether oxygens (including phenoxy) is 1. The molecule has 1 unspecified atom stereocenters. The third kappa shape index (κ3) is 4.96. The summed E-state index contributed by atoms with van der Waals surface area (Å²) in [4.78, 5) is 20.1. The Bertz CT molecular complexity index is 347. The molecule has 0 saturated carbocycles. The number of rotatable bonds is 1. The number of carbonyl (C=O) groups excluding carboxylic acids is 1. The lowest BCUT2D eigenvalue weighted by atomic mass is 10.2. The van der Waals surface area contributed by atoms with Crippen molar-refractivity contribution in [2.75, 3.05) is 34.2 Å². The molecule has 1 fully saturated rings. The van der Waals surface area contributed by atoms with Crippen molar-refractivity contribution >= 4 is 12.1 Å². The molecule has 1 saturated heterocycles. The minimum Gasteiger partial charge on any atom is -0.444 e. The number of guanidine groups is 1. The number of likely N-dealkylation sites (tertiary alicyclic amines) is 1. The monoisotopic (exact) mass is 270 g/mol. The molecule has 1 aliphatic heterocycles. The third-order valence-electron chi connectivity index (χ3n) is 2.79. The second-order valence-corrected chi connectivity index (χ2v) is 6.00. The van der Waals surface area contributed by atoms with Crippen molar-refractivity contribution in [3.8, 4) is 0 Å². The summed E-state index contributed by atoms with van der Waals surface area (Å²) in [5.41, 5.74) is -0.456. The Morgan fingerprint density at radius 1 is 1.42 bits per heavy atom. The minimum atomic E-state index is -0.456. The molecule has 110 valence electrons. The number of hydrogen-bond donors (Lipinski definition) is 1. The van der Waals surface area contributed by atoms with Crippen LogP contribution in [0.25, 0.3) is 0 Å². The number of nitrogens with zero attached hydrogens (tertiary/aromatic N) is 3. The van der Waals surface area contributed by atoms with E-state index in [0.29, 0.717) is 0 Å². The molecule has 19 heavy (non-hydrogen) atoms. The number of hydrogen-bond acceptors (Lipinski definition) is 3. The molecule has 0 aromatic heterocycles. The fourth-order valence-corrected chi connectivity index (χ4v) is 2.16. The van der Waals surface area contributed by atoms with E-state index >= 15 is 0 Å². The molecular formula is C13H26N4O2. The van der Waals surface area contributed by atoms with Crippen LogP contribution in [-0.2, 0) is 4.74 Å². The van der Waals surface area contributed by atoms with Crippen LogP contribution in [0.5, 0.6) is 0 Å². The second-order valence-electron chi connectivity index (χ2n) is 6.00. The second kappa shape index (κ2) is 6.12. The highest BCUT2D eigenvalue weighted by atomic mass is 16.6. The lowest BCUT2D eigenvalue weighted by Gasteiger charge is -2.26. The Kier molecular flexibility index (Phi) is 5.03. The number of carbonyl (C=O) groups is 1. The minimum absolute atomic E-state index is 0.117. The summed E-state index contributed by atoms with van der Waals surface area (Å²) < 4.78 is 5.26. The normalized spacial score (nSPS) is 20.4. The molecule has 1 N–H and O–H groups in total. The maximum Gasteiger partial charge on any atom is 0.407 e. The molecule has 0 aliphatic carbocycles. The van der Waals surface area contributed by atoms with Crippen LogP contribution in [0, 0.1) is 0 Å². The van der Waals surface area contributed by atoms with Crippen molar-refractivity contribution in [2.24, 2.45) is 4.99 Å². The van der Waals surface area contributed by atoms with Crippen LogP contribution in [0.1, 0.15) is 27.2 Å². The number of amides is 1. The summed E-state index contributed by atoms with van der Waals surface area (Å²) in [7, 11) is 5.72. The van der Waals surface area contributed by atoms with Crippen molar-refractivity contribution < 1.29 is 9.53 Å². The van der Waals surface area contributed by atoms with Gasteiger partial charge in [0.15, 0.2) is 5.96 Å². The van der Waals surface area contributed by atoms with Crippen LogP contribution >= 0.6 is 0 Å². The summed E-state index contributed by atoms with van der Waals surface area (Å²) in [5, 5.41) is 2.91. The summed E-state index contributed by atoms with van der Waals surface area (Å²) in [5.74, 6) is 0.938. The van der Waals surface area contributed by atoms with Crippen molar-refractivity contribution in [2.45, 2.75) is 38.8 Å². The van der Waals surface area contributed by atoms with Gasteiger partial charge in [0, 0.05) is 34.2 Å². The average Bonchev–Trinajstić information content (AvgIpc) is 2.63. The summed E-state index contributed by atoms with van der Waals surface area (Å²) >= 11 is 0. The standard InChI is InChI=1S/C13H26N4O2/c1-13(2,3)19-12(18)15-10-7-8-17(9-10)11(14-4)16(5)6/h10H,7-9H2,1-6H3,(H,15,18). The molecule has 1 atom stereocenters.